The number of piperazine rings is 1. The van der Waals surface area contributed by atoms with Gasteiger partial charge in [0.05, 0.1) is 18.2 Å². The minimum absolute atomic E-state index is 0.206. The van der Waals surface area contributed by atoms with Crippen molar-refractivity contribution in [2.24, 2.45) is 0 Å². The predicted octanol–water partition coefficient (Wildman–Crippen LogP) is 3.47. The fraction of sp³-hybridized carbons (Fsp3) is 0.333. The number of hydrogen-bond acceptors (Lipinski definition) is 5. The molecule has 33 heavy (non-hydrogen) atoms. The standard InChI is InChI=1S/C24H26ClFN4O3/c1-2-33-23(31)21-20(27-24(32)28-22(21)16-6-8-18(26)9-7-16)15-29-10-12-30(13-11-29)19-5-3-4-17(25)14-19/h3-9,14,22H,2,10-13,15H2,1H3,(H2,27,28,32). The third-order valence-electron chi connectivity index (χ3n) is 5.78. The highest BCUT2D eigenvalue weighted by Gasteiger charge is 2.34. The van der Waals surface area contributed by atoms with Crippen LogP contribution < -0.4 is 15.5 Å². The molecule has 174 valence electrons. The fourth-order valence-electron chi connectivity index (χ4n) is 4.16. The molecular formula is C24H26ClFN4O3. The Labute approximate surface area is 197 Å². The molecule has 0 bridgehead atoms. The molecule has 2 aromatic rings. The van der Waals surface area contributed by atoms with Gasteiger partial charge in [0.25, 0.3) is 0 Å². The molecule has 7 nitrogen and oxygen atoms in total. The summed E-state index contributed by atoms with van der Waals surface area (Å²) in [4.78, 5) is 29.8. The van der Waals surface area contributed by atoms with E-state index >= 15 is 0 Å². The van der Waals surface area contributed by atoms with Crippen LogP contribution in [0.1, 0.15) is 18.5 Å². The van der Waals surface area contributed by atoms with Crippen molar-refractivity contribution in [3.63, 3.8) is 0 Å². The zero-order valence-corrected chi connectivity index (χ0v) is 19.1. The van der Waals surface area contributed by atoms with E-state index in [4.69, 9.17) is 16.3 Å². The molecule has 0 aromatic heterocycles. The van der Waals surface area contributed by atoms with E-state index in [1.807, 2.05) is 24.3 Å². The van der Waals surface area contributed by atoms with Crippen LogP contribution in [0.4, 0.5) is 14.9 Å². The third kappa shape index (κ3) is 5.46. The van der Waals surface area contributed by atoms with Crippen LogP contribution in [0, 0.1) is 5.82 Å². The first-order valence-electron chi connectivity index (χ1n) is 10.9. The van der Waals surface area contributed by atoms with Crippen LogP contribution >= 0.6 is 11.6 Å². The van der Waals surface area contributed by atoms with Crippen LogP contribution in [0.3, 0.4) is 0 Å². The normalized spacial score (nSPS) is 19.2. The zero-order valence-electron chi connectivity index (χ0n) is 18.3. The molecule has 0 aliphatic carbocycles. The molecule has 1 atom stereocenters. The second kappa shape index (κ2) is 10.2. The summed E-state index contributed by atoms with van der Waals surface area (Å²) in [5.74, 6) is -0.898. The van der Waals surface area contributed by atoms with Crippen molar-refractivity contribution in [3.8, 4) is 0 Å². The second-order valence-corrected chi connectivity index (χ2v) is 8.38. The number of esters is 1. The first-order valence-corrected chi connectivity index (χ1v) is 11.3. The molecule has 2 aromatic carbocycles. The van der Waals surface area contributed by atoms with Gasteiger partial charge < -0.3 is 20.3 Å². The van der Waals surface area contributed by atoms with Gasteiger partial charge in [0.15, 0.2) is 0 Å². The second-order valence-electron chi connectivity index (χ2n) is 7.94. The number of anilines is 1. The number of amides is 2. The zero-order chi connectivity index (χ0) is 23.4. The van der Waals surface area contributed by atoms with Gasteiger partial charge in [-0.05, 0) is 42.8 Å². The van der Waals surface area contributed by atoms with Crippen LogP contribution in [0.2, 0.25) is 5.02 Å². The average molecular weight is 473 g/mol. The van der Waals surface area contributed by atoms with Crippen molar-refractivity contribution in [1.29, 1.82) is 0 Å². The van der Waals surface area contributed by atoms with Crippen molar-refractivity contribution in [2.75, 3.05) is 44.2 Å². The number of benzene rings is 2. The van der Waals surface area contributed by atoms with Crippen LogP contribution in [0.5, 0.6) is 0 Å². The number of ether oxygens (including phenoxy) is 1. The smallest absolute Gasteiger partial charge is 0.338 e. The Morgan fingerprint density at radius 3 is 2.55 bits per heavy atom. The molecular weight excluding hydrogens is 447 g/mol. The lowest BCUT2D eigenvalue weighted by Crippen LogP contribution is -2.51. The molecule has 4 rings (SSSR count). The monoisotopic (exact) mass is 472 g/mol. The van der Waals surface area contributed by atoms with Crippen molar-refractivity contribution in [3.05, 3.63) is 76.2 Å². The highest BCUT2D eigenvalue weighted by Crippen LogP contribution is 2.29. The number of rotatable bonds is 6. The van der Waals surface area contributed by atoms with E-state index in [9.17, 15) is 14.0 Å². The van der Waals surface area contributed by atoms with E-state index in [1.54, 1.807) is 19.1 Å². The maximum atomic E-state index is 13.4. The number of carbonyl (C=O) groups excluding carboxylic acids is 2. The van der Waals surface area contributed by atoms with Crippen LogP contribution in [-0.4, -0.2) is 56.2 Å². The summed E-state index contributed by atoms with van der Waals surface area (Å²) >= 11 is 6.13. The largest absolute Gasteiger partial charge is 0.463 e. The first kappa shape index (κ1) is 23.1. The Morgan fingerprint density at radius 1 is 1.15 bits per heavy atom. The van der Waals surface area contributed by atoms with Gasteiger partial charge in [-0.3, -0.25) is 4.90 Å². The van der Waals surface area contributed by atoms with Gasteiger partial charge in [-0.1, -0.05) is 29.8 Å². The SMILES string of the molecule is CCOC(=O)C1=C(CN2CCN(c3cccc(Cl)c3)CC2)NC(=O)NC1c1ccc(F)cc1. The van der Waals surface area contributed by atoms with Crippen molar-refractivity contribution < 1.29 is 18.7 Å². The van der Waals surface area contributed by atoms with Crippen molar-refractivity contribution >= 4 is 29.3 Å². The average Bonchev–Trinajstić information content (AvgIpc) is 2.80. The molecule has 0 saturated carbocycles. The van der Waals surface area contributed by atoms with Gasteiger partial charge in [0, 0.05) is 49.1 Å². The number of hydrogen-bond donors (Lipinski definition) is 2. The van der Waals surface area contributed by atoms with E-state index in [0.717, 1.165) is 31.9 Å². The van der Waals surface area contributed by atoms with Crippen molar-refractivity contribution in [2.45, 2.75) is 13.0 Å². The lowest BCUT2D eigenvalue weighted by atomic mass is 9.95. The van der Waals surface area contributed by atoms with E-state index in [2.05, 4.69) is 20.4 Å². The molecule has 2 heterocycles. The van der Waals surface area contributed by atoms with Gasteiger partial charge in [-0.2, -0.15) is 0 Å². The van der Waals surface area contributed by atoms with E-state index in [-0.39, 0.29) is 6.61 Å². The van der Waals surface area contributed by atoms with Gasteiger partial charge in [-0.25, -0.2) is 14.0 Å². The molecule has 0 spiro atoms. The molecule has 2 amide bonds. The summed E-state index contributed by atoms with van der Waals surface area (Å²) in [7, 11) is 0. The lowest BCUT2D eigenvalue weighted by Gasteiger charge is -2.38. The number of urea groups is 1. The van der Waals surface area contributed by atoms with Gasteiger partial charge in [-0.15, -0.1) is 0 Å². The Kier molecular flexibility index (Phi) is 7.15. The minimum atomic E-state index is -0.721. The van der Waals surface area contributed by atoms with Crippen LogP contribution in [0.15, 0.2) is 59.8 Å². The van der Waals surface area contributed by atoms with Crippen LogP contribution in [0.25, 0.3) is 0 Å². The Bertz CT molecular complexity index is 1050. The number of nitrogens with zero attached hydrogens (tertiary/aromatic N) is 2. The quantitative estimate of drug-likeness (QED) is 0.630. The lowest BCUT2D eigenvalue weighted by molar-refractivity contribution is -0.139. The summed E-state index contributed by atoms with van der Waals surface area (Å²) in [6, 6.07) is 12.4. The molecule has 1 saturated heterocycles. The molecule has 2 aliphatic heterocycles. The fourth-order valence-corrected chi connectivity index (χ4v) is 4.34. The highest BCUT2D eigenvalue weighted by molar-refractivity contribution is 6.30. The first-order chi connectivity index (χ1) is 15.9. The molecule has 1 fully saturated rings. The van der Waals surface area contributed by atoms with Gasteiger partial charge in [0.1, 0.15) is 5.82 Å². The summed E-state index contributed by atoms with van der Waals surface area (Å²) in [5.41, 5.74) is 2.51. The topological polar surface area (TPSA) is 73.9 Å². The molecule has 1 unspecified atom stereocenters. The van der Waals surface area contributed by atoms with Gasteiger partial charge >= 0.3 is 12.0 Å². The molecule has 9 heteroatoms. The Hall–Kier alpha value is -3.10. The highest BCUT2D eigenvalue weighted by atomic mass is 35.5. The third-order valence-corrected chi connectivity index (χ3v) is 6.01. The molecule has 2 aliphatic rings. The maximum absolute atomic E-state index is 13.4. The predicted molar refractivity (Wildman–Crippen MR) is 125 cm³/mol. The number of halogens is 2. The molecule has 0 radical (unpaired) electrons. The van der Waals surface area contributed by atoms with E-state index in [0.29, 0.717) is 28.4 Å². The minimum Gasteiger partial charge on any atom is -0.463 e. The van der Waals surface area contributed by atoms with E-state index in [1.165, 1.54) is 12.1 Å². The van der Waals surface area contributed by atoms with E-state index < -0.39 is 23.9 Å². The molecule has 2 N–H and O–H groups in total. The van der Waals surface area contributed by atoms with Gasteiger partial charge in [0.2, 0.25) is 0 Å². The summed E-state index contributed by atoms with van der Waals surface area (Å²) in [5, 5.41) is 6.27. The number of nitrogens with one attached hydrogen (secondary N) is 2. The summed E-state index contributed by atoms with van der Waals surface area (Å²) in [6.07, 6.45) is 0. The number of carbonyl (C=O) groups is 2. The Balaban J connectivity index is 1.55. The van der Waals surface area contributed by atoms with Crippen molar-refractivity contribution in [1.82, 2.24) is 15.5 Å². The maximum Gasteiger partial charge on any atom is 0.338 e. The summed E-state index contributed by atoms with van der Waals surface area (Å²) < 4.78 is 18.7. The Morgan fingerprint density at radius 2 is 1.88 bits per heavy atom. The summed E-state index contributed by atoms with van der Waals surface area (Å²) in [6.45, 7) is 5.40. The van der Waals surface area contributed by atoms with Crippen LogP contribution in [-0.2, 0) is 9.53 Å².